The molecule has 29 heteroatoms. The van der Waals surface area contributed by atoms with E-state index < -0.39 is 16.6 Å². The van der Waals surface area contributed by atoms with Gasteiger partial charge in [0.25, 0.3) is 0 Å². The van der Waals surface area contributed by atoms with Crippen LogP contribution in [0, 0.1) is 17.8 Å². The summed E-state index contributed by atoms with van der Waals surface area (Å²) in [5, 5.41) is 25.8. The molecule has 9 aliphatic rings. The second kappa shape index (κ2) is 40.5. The third-order valence-electron chi connectivity index (χ3n) is 25.2. The molecule has 662 valence electrons. The Kier molecular flexibility index (Phi) is 29.8. The van der Waals surface area contributed by atoms with Crippen molar-refractivity contribution in [1.82, 2.24) is 65.4 Å². The number of piperidine rings is 3. The number of benzene rings is 5. The van der Waals surface area contributed by atoms with Crippen LogP contribution >= 0.6 is 0 Å². The maximum Gasteiger partial charge on any atom is 0.318 e. The van der Waals surface area contributed by atoms with E-state index in [0.717, 1.165) is 86.0 Å². The molecule has 3 saturated heterocycles. The third kappa shape index (κ3) is 22.1. The summed E-state index contributed by atoms with van der Waals surface area (Å²) in [5.74, 6) is 0.916. The van der Waals surface area contributed by atoms with Crippen LogP contribution in [0.5, 0.6) is 0 Å². The Morgan fingerprint density at radius 1 is 0.392 bits per heavy atom. The molecule has 0 radical (unpaired) electrons. The average Bonchev–Trinajstić information content (AvgIpc) is 1.60. The maximum atomic E-state index is 13.7. The van der Waals surface area contributed by atoms with Crippen LogP contribution in [0.4, 0.5) is 37.1 Å². The van der Waals surface area contributed by atoms with Gasteiger partial charge >= 0.3 is 18.1 Å². The number of hydrogen-bond donors (Lipinski definition) is 8. The second-order valence-electron chi connectivity index (χ2n) is 35.6. The number of nitrogens with zero attached hydrogens (tertiary/aromatic N) is 12. The van der Waals surface area contributed by atoms with Gasteiger partial charge in [-0.15, -0.1) is 0 Å². The molecule has 5 aromatic carbocycles. The number of likely N-dealkylation sites (N-methyl/N-ethyl adjacent to an activating group) is 3. The topological polar surface area (TPSA) is 316 Å². The lowest BCUT2D eigenvalue weighted by Crippen LogP contribution is -2.52. The van der Waals surface area contributed by atoms with Crippen molar-refractivity contribution in [2.45, 2.75) is 115 Å². The first-order valence-electron chi connectivity index (χ1n) is 43.3. The molecule has 9 heterocycles. The lowest BCUT2D eigenvalue weighted by Gasteiger charge is -2.36. The Morgan fingerprint density at radius 3 is 1.05 bits per heavy atom. The van der Waals surface area contributed by atoms with E-state index in [9.17, 15) is 43.2 Å². The SMILES string of the molecule is C=CC(=O)N1CCC(C(=O)NC2=NCC3=C2CN(C(=O)N[C@H](CN(C)C)c2ccccc2)C3(C)C)CC1.C=CC(=O)N1CCC(C(=O)Nc2cccc(NC3=NCC4=C3CN(C(=O)N[C@H](CN(C)C)c3ccccc3)C4(C)C)c2)CC1.C=CC(=O)N1CCCC(C(=O)Nc2cccc(NC3=NCC4=C3CN(C(=O)N[C@H](CN(C)C)c3ccccc3)C4(C)C)c2)C1. The van der Waals surface area contributed by atoms with Crippen LogP contribution in [0.3, 0.4) is 0 Å². The van der Waals surface area contributed by atoms with Gasteiger partial charge in [-0.1, -0.05) is 123 Å². The van der Waals surface area contributed by atoms with Gasteiger partial charge in [0.05, 0.1) is 79.9 Å². The van der Waals surface area contributed by atoms with E-state index >= 15 is 0 Å². The average molecular weight is 1700 g/mol. The fraction of sp³-hybridized carbons (Fsp3) is 0.438. The molecule has 29 nitrogen and oxygen atoms in total. The number of rotatable bonds is 22. The summed E-state index contributed by atoms with van der Waals surface area (Å²) in [6.07, 6.45) is 7.91. The van der Waals surface area contributed by atoms with E-state index in [2.05, 4.69) is 110 Å². The molecule has 1 unspecified atom stereocenters. The Labute approximate surface area is 735 Å². The molecular formula is C96H124N20O9. The van der Waals surface area contributed by atoms with Crippen LogP contribution < -0.4 is 42.5 Å². The number of carbonyl (C=O) groups is 9. The van der Waals surface area contributed by atoms with Gasteiger partial charge in [-0.25, -0.2) is 14.4 Å². The fourth-order valence-electron chi connectivity index (χ4n) is 17.9. The molecule has 0 bridgehead atoms. The van der Waals surface area contributed by atoms with Crippen LogP contribution in [-0.4, -0.2) is 272 Å². The predicted molar refractivity (Wildman–Crippen MR) is 493 cm³/mol. The highest BCUT2D eigenvalue weighted by Gasteiger charge is 2.50. The molecule has 8 N–H and O–H groups in total. The molecule has 12 amide bonds. The number of amidine groups is 3. The van der Waals surface area contributed by atoms with Gasteiger partial charge in [-0.05, 0) is 210 Å². The molecule has 0 aromatic heterocycles. The van der Waals surface area contributed by atoms with E-state index in [1.165, 1.54) is 18.2 Å². The minimum Gasteiger partial charge on any atom is -0.340 e. The van der Waals surface area contributed by atoms with Gasteiger partial charge < -0.3 is 86.6 Å². The van der Waals surface area contributed by atoms with Gasteiger partial charge in [0, 0.05) is 110 Å². The number of anilines is 4. The molecule has 3 fully saturated rings. The third-order valence-corrected chi connectivity index (χ3v) is 25.2. The van der Waals surface area contributed by atoms with E-state index in [1.54, 1.807) is 14.7 Å². The van der Waals surface area contributed by atoms with Crippen molar-refractivity contribution in [2.75, 3.05) is 162 Å². The quantitative estimate of drug-likeness (QED) is 0.0299. The summed E-state index contributed by atoms with van der Waals surface area (Å²) in [6, 6.07) is 44.4. The highest BCUT2D eigenvalue weighted by molar-refractivity contribution is 6.14. The Balaban J connectivity index is 0.000000172. The minimum absolute atomic E-state index is 0.0432. The zero-order chi connectivity index (χ0) is 89.6. The molecule has 14 rings (SSSR count). The highest BCUT2D eigenvalue weighted by atomic mass is 16.2. The van der Waals surface area contributed by atoms with E-state index in [0.29, 0.717) is 141 Å². The van der Waals surface area contributed by atoms with Crippen molar-refractivity contribution in [2.24, 2.45) is 32.7 Å². The molecule has 0 aliphatic carbocycles. The summed E-state index contributed by atoms with van der Waals surface area (Å²) in [4.78, 5) is 147. The van der Waals surface area contributed by atoms with Crippen molar-refractivity contribution in [1.29, 1.82) is 0 Å². The van der Waals surface area contributed by atoms with E-state index in [4.69, 9.17) is 9.98 Å². The van der Waals surface area contributed by atoms with Gasteiger partial charge in [0.2, 0.25) is 35.4 Å². The molecule has 0 spiro atoms. The number of aliphatic imine (C=N–C) groups is 3. The van der Waals surface area contributed by atoms with Crippen molar-refractivity contribution in [3.05, 3.63) is 228 Å². The zero-order valence-electron chi connectivity index (χ0n) is 74.5. The van der Waals surface area contributed by atoms with E-state index in [1.807, 2.05) is 210 Å². The standard InChI is InChI=1S/2C34H43N7O3.C28H38N6O3/c1-6-30(42)40-17-11-14-24(20-40)32(43)37-26-16-10-15-25(18-26)36-31-27-21-41(34(2,3)28(27)19-35-31)33(44)38-29(22-39(4)5)23-12-8-7-9-13-23;1-6-30(42)40-17-15-24(16-18-40)32(43)37-26-14-10-13-25(19-26)36-31-27-21-41(34(2,3)28(27)20-35-31)33(44)38-29(22-39(4)5)23-11-8-7-9-12-23;1-6-24(35)33-14-12-20(13-15-33)26(36)31-25-21-17-34(28(2,3)22(21)16-29-25)27(37)30-23(18-32(4)5)19-10-8-7-9-11-19/h6-10,12-13,15-16,18,24,29H,1,11,14,17,19-22H2,2-5H3,(H,35,36)(H,37,43)(H,38,44);6-14,19,24,29H,1,15-18,20-22H2,2-5H3,(H,35,36)(H,37,43)(H,38,44);6-11,20,23H,1,12-18H2,2-5H3,(H,30,37)(H,29,31,36)/t24?,29-;29-;23-/m111/s1. The van der Waals surface area contributed by atoms with Crippen LogP contribution in [0.2, 0.25) is 0 Å². The molecule has 125 heavy (non-hydrogen) atoms. The van der Waals surface area contributed by atoms with Crippen LogP contribution in [0.1, 0.15) is 115 Å². The van der Waals surface area contributed by atoms with Crippen molar-refractivity contribution >= 4 is 93.8 Å². The van der Waals surface area contributed by atoms with Gasteiger partial charge in [0.15, 0.2) is 0 Å². The maximum absolute atomic E-state index is 13.7. The Hall–Kier alpha value is -12.3. The van der Waals surface area contributed by atoms with Crippen LogP contribution in [-0.2, 0) is 28.8 Å². The molecule has 9 aliphatic heterocycles. The number of hydrogen-bond acceptors (Lipinski definition) is 17. The van der Waals surface area contributed by atoms with Crippen LogP contribution in [0.25, 0.3) is 0 Å². The predicted octanol–water partition coefficient (Wildman–Crippen LogP) is 10.9. The van der Waals surface area contributed by atoms with Crippen LogP contribution in [0.15, 0.2) is 226 Å². The lowest BCUT2D eigenvalue weighted by atomic mass is 9.94. The fourth-order valence-corrected chi connectivity index (χ4v) is 17.9. The molecule has 5 aromatic rings. The number of amides is 12. The summed E-state index contributed by atoms with van der Waals surface area (Å²) in [5.41, 5.74) is 10.9. The molecule has 0 saturated carbocycles. The zero-order valence-corrected chi connectivity index (χ0v) is 74.5. The van der Waals surface area contributed by atoms with Crippen molar-refractivity contribution in [3.8, 4) is 0 Å². The largest absolute Gasteiger partial charge is 0.340 e. The minimum atomic E-state index is -0.523. The number of urea groups is 3. The summed E-state index contributed by atoms with van der Waals surface area (Å²) < 4.78 is 0. The number of nitrogens with one attached hydrogen (secondary N) is 8. The first kappa shape index (κ1) is 91.9. The highest BCUT2D eigenvalue weighted by Crippen LogP contribution is 2.42. The van der Waals surface area contributed by atoms with Gasteiger partial charge in [-0.2, -0.15) is 0 Å². The second-order valence-corrected chi connectivity index (χ2v) is 35.6. The Bertz CT molecular complexity index is 5050. The lowest BCUT2D eigenvalue weighted by molar-refractivity contribution is -0.131. The van der Waals surface area contributed by atoms with E-state index in [-0.39, 0.29) is 89.4 Å². The summed E-state index contributed by atoms with van der Waals surface area (Å²) >= 11 is 0. The van der Waals surface area contributed by atoms with Crippen molar-refractivity contribution in [3.63, 3.8) is 0 Å². The summed E-state index contributed by atoms with van der Waals surface area (Å²) in [7, 11) is 12.0. The van der Waals surface area contributed by atoms with Crippen molar-refractivity contribution < 1.29 is 43.2 Å². The van der Waals surface area contributed by atoms with Gasteiger partial charge in [-0.3, -0.25) is 43.7 Å². The normalized spacial score (nSPS) is 19.4. The summed E-state index contributed by atoms with van der Waals surface area (Å²) in [6.45, 7) is 31.1. The molecule has 4 atom stereocenters. The number of carbonyl (C=O) groups excluding carboxylic acids is 9. The monoisotopic (exact) mass is 1700 g/mol. The molecular weight excluding hydrogens is 1580 g/mol. The first-order chi connectivity index (χ1) is 59.7. The Morgan fingerprint density at radius 2 is 0.704 bits per heavy atom. The number of likely N-dealkylation sites (tertiary alicyclic amines) is 3. The van der Waals surface area contributed by atoms with Gasteiger partial charge in [0.1, 0.15) is 17.5 Å². The smallest absolute Gasteiger partial charge is 0.318 e. The first-order valence-corrected chi connectivity index (χ1v) is 43.3.